The first-order valence-electron chi connectivity index (χ1n) is 8.46. The molecule has 6 heteroatoms. The third-order valence-corrected chi connectivity index (χ3v) is 5.46. The minimum Gasteiger partial charge on any atom is -0.454 e. The SMILES string of the molecule is Cc1csc(=O)n1CCC(=O)O[C@@H](C)C(=O)c1ccc2c(c1)CCC2. The van der Waals surface area contributed by atoms with E-state index in [2.05, 4.69) is 0 Å². The van der Waals surface area contributed by atoms with E-state index in [1.54, 1.807) is 16.9 Å². The Morgan fingerprint density at radius 3 is 2.76 bits per heavy atom. The largest absolute Gasteiger partial charge is 0.454 e. The molecule has 0 N–H and O–H groups in total. The van der Waals surface area contributed by atoms with Gasteiger partial charge in [-0.05, 0) is 50.3 Å². The highest BCUT2D eigenvalue weighted by Gasteiger charge is 2.21. The molecule has 1 atom stereocenters. The van der Waals surface area contributed by atoms with Crippen LogP contribution in [0.1, 0.15) is 46.9 Å². The van der Waals surface area contributed by atoms with Gasteiger partial charge in [-0.1, -0.05) is 23.5 Å². The van der Waals surface area contributed by atoms with Gasteiger partial charge in [0.25, 0.3) is 0 Å². The van der Waals surface area contributed by atoms with Gasteiger partial charge in [-0.2, -0.15) is 0 Å². The van der Waals surface area contributed by atoms with E-state index in [0.717, 1.165) is 36.3 Å². The highest BCUT2D eigenvalue weighted by Crippen LogP contribution is 2.23. The van der Waals surface area contributed by atoms with E-state index in [-0.39, 0.29) is 23.6 Å². The molecule has 0 spiro atoms. The lowest BCUT2D eigenvalue weighted by molar-refractivity contribution is -0.146. The quantitative estimate of drug-likeness (QED) is 0.588. The molecule has 1 aromatic heterocycles. The number of Topliss-reactive ketones (excluding diaryl/α,β-unsaturated/α-hetero) is 1. The maximum atomic E-state index is 12.5. The van der Waals surface area contributed by atoms with Crippen molar-refractivity contribution < 1.29 is 14.3 Å². The number of ketones is 1. The number of fused-ring (bicyclic) bond motifs is 1. The fraction of sp³-hybridized carbons (Fsp3) is 0.421. The number of benzene rings is 1. The molecule has 0 aliphatic heterocycles. The lowest BCUT2D eigenvalue weighted by Gasteiger charge is -2.13. The molecule has 0 amide bonds. The monoisotopic (exact) mass is 359 g/mol. The normalized spacial score (nSPS) is 14.2. The van der Waals surface area contributed by atoms with Crippen molar-refractivity contribution in [1.29, 1.82) is 0 Å². The molecule has 0 bridgehead atoms. The van der Waals surface area contributed by atoms with Gasteiger partial charge >= 0.3 is 10.8 Å². The van der Waals surface area contributed by atoms with E-state index in [0.29, 0.717) is 5.56 Å². The predicted octanol–water partition coefficient (Wildman–Crippen LogP) is 2.91. The zero-order chi connectivity index (χ0) is 18.0. The average molecular weight is 359 g/mol. The number of aromatic nitrogens is 1. The van der Waals surface area contributed by atoms with Gasteiger partial charge in [0.15, 0.2) is 6.10 Å². The molecule has 25 heavy (non-hydrogen) atoms. The number of carbonyl (C=O) groups is 2. The summed E-state index contributed by atoms with van der Waals surface area (Å²) in [6.07, 6.45) is 2.43. The lowest BCUT2D eigenvalue weighted by Crippen LogP contribution is -2.26. The molecule has 1 aliphatic carbocycles. The third-order valence-electron chi connectivity index (χ3n) is 4.58. The Morgan fingerprint density at radius 2 is 2.04 bits per heavy atom. The molecule has 0 saturated carbocycles. The van der Waals surface area contributed by atoms with Crippen molar-refractivity contribution in [3.8, 4) is 0 Å². The first-order chi connectivity index (χ1) is 12.0. The van der Waals surface area contributed by atoms with Crippen LogP contribution in [0.4, 0.5) is 0 Å². The van der Waals surface area contributed by atoms with E-state index in [4.69, 9.17) is 4.74 Å². The first kappa shape index (κ1) is 17.6. The van der Waals surface area contributed by atoms with Crippen LogP contribution in [0.3, 0.4) is 0 Å². The first-order valence-corrected chi connectivity index (χ1v) is 9.34. The highest BCUT2D eigenvalue weighted by atomic mass is 32.1. The second-order valence-electron chi connectivity index (χ2n) is 6.38. The molecule has 0 unspecified atom stereocenters. The number of carbonyl (C=O) groups excluding carboxylic acids is 2. The summed E-state index contributed by atoms with van der Waals surface area (Å²) in [7, 11) is 0. The summed E-state index contributed by atoms with van der Waals surface area (Å²) in [5, 5.41) is 1.76. The van der Waals surface area contributed by atoms with Gasteiger partial charge in [0.05, 0.1) is 6.42 Å². The summed E-state index contributed by atoms with van der Waals surface area (Å²) in [6.45, 7) is 3.69. The number of hydrogen-bond acceptors (Lipinski definition) is 5. The molecule has 3 rings (SSSR count). The molecule has 1 aromatic carbocycles. The Labute approximate surface area is 150 Å². The molecule has 1 heterocycles. The van der Waals surface area contributed by atoms with E-state index in [9.17, 15) is 14.4 Å². The Bertz CT molecular complexity index is 865. The number of thiazole rings is 1. The molecule has 1 aliphatic rings. The van der Waals surface area contributed by atoms with Crippen LogP contribution in [0.25, 0.3) is 0 Å². The zero-order valence-corrected chi connectivity index (χ0v) is 15.2. The number of hydrogen-bond donors (Lipinski definition) is 0. The summed E-state index contributed by atoms with van der Waals surface area (Å²) in [6, 6.07) is 5.73. The van der Waals surface area contributed by atoms with E-state index < -0.39 is 12.1 Å². The summed E-state index contributed by atoms with van der Waals surface area (Å²) < 4.78 is 6.80. The topological polar surface area (TPSA) is 65.4 Å². The van der Waals surface area contributed by atoms with Crippen LogP contribution >= 0.6 is 11.3 Å². The van der Waals surface area contributed by atoms with Crippen LogP contribution in [0.5, 0.6) is 0 Å². The van der Waals surface area contributed by atoms with Crippen LogP contribution in [-0.2, 0) is 28.9 Å². The zero-order valence-electron chi connectivity index (χ0n) is 14.4. The predicted molar refractivity (Wildman–Crippen MR) is 96.3 cm³/mol. The van der Waals surface area contributed by atoms with Crippen molar-refractivity contribution >= 4 is 23.1 Å². The molecule has 132 valence electrons. The van der Waals surface area contributed by atoms with Crippen molar-refractivity contribution in [2.75, 3.05) is 0 Å². The Morgan fingerprint density at radius 1 is 1.28 bits per heavy atom. The van der Waals surface area contributed by atoms with Crippen LogP contribution in [-0.4, -0.2) is 22.4 Å². The van der Waals surface area contributed by atoms with Gasteiger partial charge in [0.1, 0.15) is 0 Å². The van der Waals surface area contributed by atoms with Crippen LogP contribution in [0.2, 0.25) is 0 Å². The minimum atomic E-state index is -0.827. The number of ether oxygens (including phenoxy) is 1. The van der Waals surface area contributed by atoms with E-state index in [1.165, 1.54) is 11.1 Å². The average Bonchev–Trinajstić information content (AvgIpc) is 3.18. The molecule has 0 fully saturated rings. The van der Waals surface area contributed by atoms with Crippen molar-refractivity contribution in [1.82, 2.24) is 4.57 Å². The van der Waals surface area contributed by atoms with E-state index in [1.807, 2.05) is 25.1 Å². The minimum absolute atomic E-state index is 0.0687. The number of esters is 1. The van der Waals surface area contributed by atoms with Crippen molar-refractivity contribution in [3.63, 3.8) is 0 Å². The number of aryl methyl sites for hydroxylation is 3. The van der Waals surface area contributed by atoms with Gasteiger partial charge in [-0.25, -0.2) is 0 Å². The molecular formula is C19H21NO4S. The Balaban J connectivity index is 1.57. The summed E-state index contributed by atoms with van der Waals surface area (Å²) >= 11 is 1.11. The van der Waals surface area contributed by atoms with Gasteiger partial charge < -0.3 is 9.30 Å². The molecule has 2 aromatic rings. The summed E-state index contributed by atoms with van der Waals surface area (Å²) in [5.74, 6) is -0.661. The summed E-state index contributed by atoms with van der Waals surface area (Å²) in [4.78, 5) is 36.0. The maximum absolute atomic E-state index is 12.5. The molecule has 0 radical (unpaired) electrons. The standard InChI is InChI=1S/C19H21NO4S/c1-12-11-25-19(23)20(12)9-8-17(21)24-13(2)18(22)16-7-6-14-4-3-5-15(14)10-16/h6-7,10-11,13H,3-5,8-9H2,1-2H3/t13-/m0/s1. The fourth-order valence-electron chi connectivity index (χ4n) is 3.15. The fourth-order valence-corrected chi connectivity index (χ4v) is 3.91. The van der Waals surface area contributed by atoms with Gasteiger partial charge in [-0.3, -0.25) is 14.4 Å². The van der Waals surface area contributed by atoms with Crippen molar-refractivity contribution in [2.24, 2.45) is 0 Å². The van der Waals surface area contributed by atoms with E-state index >= 15 is 0 Å². The molecule has 0 saturated heterocycles. The van der Waals surface area contributed by atoms with Crippen LogP contribution < -0.4 is 4.87 Å². The second kappa shape index (κ2) is 7.35. The van der Waals surface area contributed by atoms with Gasteiger partial charge in [0, 0.05) is 23.2 Å². The smallest absolute Gasteiger partial charge is 0.308 e. The third kappa shape index (κ3) is 3.90. The Kier molecular flexibility index (Phi) is 5.18. The van der Waals surface area contributed by atoms with Crippen molar-refractivity contribution in [2.45, 2.75) is 52.2 Å². The van der Waals surface area contributed by atoms with Crippen LogP contribution in [0.15, 0.2) is 28.4 Å². The van der Waals surface area contributed by atoms with Gasteiger partial charge in [-0.15, -0.1) is 0 Å². The summed E-state index contributed by atoms with van der Waals surface area (Å²) in [5.41, 5.74) is 3.94. The maximum Gasteiger partial charge on any atom is 0.308 e. The lowest BCUT2D eigenvalue weighted by atomic mass is 10.0. The van der Waals surface area contributed by atoms with Crippen molar-refractivity contribution in [3.05, 3.63) is 55.6 Å². The highest BCUT2D eigenvalue weighted by molar-refractivity contribution is 7.07. The number of nitrogens with zero attached hydrogens (tertiary/aromatic N) is 1. The van der Waals surface area contributed by atoms with Crippen LogP contribution in [0, 0.1) is 6.92 Å². The number of rotatable bonds is 6. The second-order valence-corrected chi connectivity index (χ2v) is 7.20. The van der Waals surface area contributed by atoms with Gasteiger partial charge in [0.2, 0.25) is 5.78 Å². The Hall–Kier alpha value is -2.21. The molecule has 5 nitrogen and oxygen atoms in total. The molecular weight excluding hydrogens is 338 g/mol.